The summed E-state index contributed by atoms with van der Waals surface area (Å²) >= 11 is 13.0. The highest BCUT2D eigenvalue weighted by molar-refractivity contribution is 7.99. The SMILES string of the molecule is Cn1nc(C(F)(F)F)c(Cl)c1C(=O)Nc1ccccc1Sc1ccc(Cl)cc1. The van der Waals surface area contributed by atoms with Gasteiger partial charge in [-0.1, -0.05) is 47.1 Å². The highest BCUT2D eigenvalue weighted by Crippen LogP contribution is 2.37. The minimum atomic E-state index is -4.75. The molecule has 3 aromatic rings. The van der Waals surface area contributed by atoms with Crippen LogP contribution in [0.25, 0.3) is 0 Å². The lowest BCUT2D eigenvalue weighted by molar-refractivity contribution is -0.141. The van der Waals surface area contributed by atoms with E-state index >= 15 is 0 Å². The van der Waals surface area contributed by atoms with E-state index in [1.807, 2.05) is 12.1 Å². The Morgan fingerprint density at radius 2 is 1.75 bits per heavy atom. The summed E-state index contributed by atoms with van der Waals surface area (Å²) in [5.74, 6) is -0.792. The van der Waals surface area contributed by atoms with Crippen molar-refractivity contribution in [1.29, 1.82) is 0 Å². The second kappa shape index (κ2) is 8.06. The summed E-state index contributed by atoms with van der Waals surface area (Å²) < 4.78 is 39.7. The molecule has 4 nitrogen and oxygen atoms in total. The van der Waals surface area contributed by atoms with E-state index in [4.69, 9.17) is 23.2 Å². The van der Waals surface area contributed by atoms with Gasteiger partial charge in [0.15, 0.2) is 5.69 Å². The first kappa shape index (κ1) is 20.6. The molecule has 146 valence electrons. The molecule has 0 aliphatic carbocycles. The van der Waals surface area contributed by atoms with Gasteiger partial charge >= 0.3 is 6.18 Å². The minimum Gasteiger partial charge on any atom is -0.320 e. The third-order valence-corrected chi connectivity index (χ3v) is 5.34. The summed E-state index contributed by atoms with van der Waals surface area (Å²) in [5, 5.41) is 5.78. The van der Waals surface area contributed by atoms with Crippen molar-refractivity contribution in [3.05, 3.63) is 70.0 Å². The Morgan fingerprint density at radius 1 is 1.11 bits per heavy atom. The fourth-order valence-electron chi connectivity index (χ4n) is 2.40. The molecule has 1 amide bonds. The topological polar surface area (TPSA) is 46.9 Å². The maximum absolute atomic E-state index is 13.0. The van der Waals surface area contributed by atoms with Gasteiger partial charge in [-0.3, -0.25) is 9.48 Å². The molecule has 0 unspecified atom stereocenters. The average molecular weight is 446 g/mol. The summed E-state index contributed by atoms with van der Waals surface area (Å²) in [6.07, 6.45) is -4.75. The zero-order valence-electron chi connectivity index (χ0n) is 14.2. The van der Waals surface area contributed by atoms with E-state index in [1.54, 1.807) is 36.4 Å². The summed E-state index contributed by atoms with van der Waals surface area (Å²) in [4.78, 5) is 14.2. The molecule has 28 heavy (non-hydrogen) atoms. The van der Waals surface area contributed by atoms with Crippen LogP contribution in [0.5, 0.6) is 0 Å². The first-order chi connectivity index (χ1) is 13.2. The Labute approximate surface area is 172 Å². The van der Waals surface area contributed by atoms with Crippen LogP contribution >= 0.6 is 35.0 Å². The predicted octanol–water partition coefficient (Wildman–Crippen LogP) is 6.15. The van der Waals surface area contributed by atoms with E-state index in [-0.39, 0.29) is 5.69 Å². The lowest BCUT2D eigenvalue weighted by Gasteiger charge is -2.11. The number of aromatic nitrogens is 2. The molecule has 3 rings (SSSR count). The number of carbonyl (C=O) groups is 1. The summed E-state index contributed by atoms with van der Waals surface area (Å²) in [6, 6.07) is 14.0. The van der Waals surface area contributed by atoms with E-state index in [0.29, 0.717) is 15.6 Å². The van der Waals surface area contributed by atoms with Crippen molar-refractivity contribution in [3.63, 3.8) is 0 Å². The van der Waals surface area contributed by atoms with Gasteiger partial charge in [-0.2, -0.15) is 18.3 Å². The van der Waals surface area contributed by atoms with Gasteiger partial charge in [-0.25, -0.2) is 0 Å². The summed E-state index contributed by atoms with van der Waals surface area (Å²) in [6.45, 7) is 0. The molecule has 0 saturated heterocycles. The molecule has 0 aliphatic rings. The van der Waals surface area contributed by atoms with Crippen molar-refractivity contribution in [2.75, 3.05) is 5.32 Å². The lowest BCUT2D eigenvalue weighted by atomic mass is 10.3. The Balaban J connectivity index is 1.88. The normalized spacial score (nSPS) is 11.5. The number of hydrogen-bond donors (Lipinski definition) is 1. The zero-order valence-corrected chi connectivity index (χ0v) is 16.5. The predicted molar refractivity (Wildman–Crippen MR) is 103 cm³/mol. The van der Waals surface area contributed by atoms with Gasteiger partial charge in [-0.05, 0) is 36.4 Å². The molecule has 0 radical (unpaired) electrons. The number of benzene rings is 2. The summed E-state index contributed by atoms with van der Waals surface area (Å²) in [5.41, 5.74) is -1.25. The number of para-hydroxylation sites is 1. The molecule has 1 N–H and O–H groups in total. The van der Waals surface area contributed by atoms with Crippen molar-refractivity contribution in [2.24, 2.45) is 7.05 Å². The second-order valence-electron chi connectivity index (χ2n) is 5.64. The Kier molecular flexibility index (Phi) is 5.92. The van der Waals surface area contributed by atoms with Gasteiger partial charge in [0.1, 0.15) is 10.7 Å². The maximum Gasteiger partial charge on any atom is 0.436 e. The molecule has 0 fully saturated rings. The number of nitrogens with one attached hydrogen (secondary N) is 1. The van der Waals surface area contributed by atoms with Crippen molar-refractivity contribution >= 4 is 46.6 Å². The highest BCUT2D eigenvalue weighted by Gasteiger charge is 2.39. The number of alkyl halides is 3. The largest absolute Gasteiger partial charge is 0.436 e. The fraction of sp³-hybridized carbons (Fsp3) is 0.111. The van der Waals surface area contributed by atoms with Crippen LogP contribution in [0.15, 0.2) is 58.3 Å². The number of nitrogens with zero attached hydrogens (tertiary/aromatic N) is 2. The van der Waals surface area contributed by atoms with Crippen molar-refractivity contribution in [1.82, 2.24) is 9.78 Å². The van der Waals surface area contributed by atoms with Gasteiger partial charge in [0.25, 0.3) is 5.91 Å². The number of aryl methyl sites for hydroxylation is 1. The number of amides is 1. The van der Waals surface area contributed by atoms with Crippen LogP contribution in [0.1, 0.15) is 16.2 Å². The number of carbonyl (C=O) groups excluding carboxylic acids is 1. The van der Waals surface area contributed by atoms with Gasteiger partial charge in [-0.15, -0.1) is 0 Å². The van der Waals surface area contributed by atoms with Crippen LogP contribution < -0.4 is 5.32 Å². The first-order valence-corrected chi connectivity index (χ1v) is 9.37. The third-order valence-electron chi connectivity index (χ3n) is 3.65. The Hall–Kier alpha value is -2.16. The number of rotatable bonds is 4. The number of halogens is 5. The van der Waals surface area contributed by atoms with E-state index in [2.05, 4.69) is 10.4 Å². The van der Waals surface area contributed by atoms with Crippen LogP contribution in [-0.4, -0.2) is 15.7 Å². The number of anilines is 1. The monoisotopic (exact) mass is 445 g/mol. The molecule has 10 heteroatoms. The van der Waals surface area contributed by atoms with E-state index in [9.17, 15) is 18.0 Å². The molecule has 0 saturated carbocycles. The molecule has 0 bridgehead atoms. The molecule has 0 spiro atoms. The van der Waals surface area contributed by atoms with Gasteiger partial charge in [0.05, 0.1) is 5.69 Å². The molecule has 1 heterocycles. The van der Waals surface area contributed by atoms with Crippen LogP contribution in [0.3, 0.4) is 0 Å². The zero-order chi connectivity index (χ0) is 20.5. The van der Waals surface area contributed by atoms with Crippen LogP contribution in [0.4, 0.5) is 18.9 Å². The molecule has 2 aromatic carbocycles. The molecular weight excluding hydrogens is 434 g/mol. The second-order valence-corrected chi connectivity index (χ2v) is 7.57. The van der Waals surface area contributed by atoms with E-state index in [1.165, 1.54) is 18.8 Å². The molecule has 1 aromatic heterocycles. The standard InChI is InChI=1S/C18H12Cl2F3N3OS/c1-26-15(14(20)16(25-26)18(21,22)23)17(27)24-12-4-2-3-5-13(12)28-11-8-6-10(19)7-9-11/h2-9H,1H3,(H,24,27). The van der Waals surface area contributed by atoms with Crippen molar-refractivity contribution in [3.8, 4) is 0 Å². The Bertz CT molecular complexity index is 1020. The Morgan fingerprint density at radius 3 is 2.36 bits per heavy atom. The molecule has 0 aliphatic heterocycles. The van der Waals surface area contributed by atoms with E-state index < -0.39 is 22.8 Å². The third kappa shape index (κ3) is 4.45. The van der Waals surface area contributed by atoms with Crippen LogP contribution in [0, 0.1) is 0 Å². The van der Waals surface area contributed by atoms with Gasteiger partial charge in [0, 0.05) is 21.9 Å². The highest BCUT2D eigenvalue weighted by atomic mass is 35.5. The first-order valence-electron chi connectivity index (χ1n) is 7.80. The number of hydrogen-bond acceptors (Lipinski definition) is 3. The lowest BCUT2D eigenvalue weighted by Crippen LogP contribution is -2.17. The van der Waals surface area contributed by atoms with Crippen molar-refractivity contribution < 1.29 is 18.0 Å². The fourth-order valence-corrected chi connectivity index (χ4v) is 3.78. The smallest absolute Gasteiger partial charge is 0.320 e. The van der Waals surface area contributed by atoms with Crippen LogP contribution in [-0.2, 0) is 13.2 Å². The minimum absolute atomic E-state index is 0.375. The van der Waals surface area contributed by atoms with Gasteiger partial charge < -0.3 is 5.32 Å². The van der Waals surface area contributed by atoms with E-state index in [0.717, 1.165) is 9.58 Å². The van der Waals surface area contributed by atoms with Crippen LogP contribution in [0.2, 0.25) is 10.0 Å². The molecule has 0 atom stereocenters. The van der Waals surface area contributed by atoms with Gasteiger partial charge in [0.2, 0.25) is 0 Å². The average Bonchev–Trinajstić information content (AvgIpc) is 2.93. The molecular formula is C18H12Cl2F3N3OS. The quantitative estimate of drug-likeness (QED) is 0.523. The maximum atomic E-state index is 13.0. The van der Waals surface area contributed by atoms with Crippen molar-refractivity contribution in [2.45, 2.75) is 16.0 Å². The summed E-state index contributed by atoms with van der Waals surface area (Å²) in [7, 11) is 1.23.